The minimum Gasteiger partial charge on any atom is -0.355 e. The average Bonchev–Trinajstić information content (AvgIpc) is 2.59. The predicted molar refractivity (Wildman–Crippen MR) is 115 cm³/mol. The molecule has 0 heterocycles. The van der Waals surface area contributed by atoms with E-state index in [4.69, 9.17) is 11.6 Å². The lowest BCUT2D eigenvalue weighted by molar-refractivity contribution is -0.122. The second-order valence-corrected chi connectivity index (χ2v) is 7.66. The summed E-state index contributed by atoms with van der Waals surface area (Å²) in [6.07, 6.45) is 0.735. The Bertz CT molecular complexity index is 811. The summed E-state index contributed by atoms with van der Waals surface area (Å²) in [7, 11) is 1.76. The zero-order valence-corrected chi connectivity index (χ0v) is 17.7. The van der Waals surface area contributed by atoms with Crippen molar-refractivity contribution >= 4 is 29.1 Å². The molecular formula is C22H28ClN3O2. The van der Waals surface area contributed by atoms with Gasteiger partial charge in [-0.3, -0.25) is 14.5 Å². The van der Waals surface area contributed by atoms with Gasteiger partial charge in [0.15, 0.2) is 0 Å². The first-order chi connectivity index (χ1) is 13.2. The number of nitrogens with one attached hydrogen (secondary N) is 2. The van der Waals surface area contributed by atoms with Gasteiger partial charge in [-0.15, -0.1) is 0 Å². The highest BCUT2D eigenvalue weighted by molar-refractivity contribution is 6.30. The zero-order valence-electron chi connectivity index (χ0n) is 16.9. The first kappa shape index (κ1) is 21.9. The Hall–Kier alpha value is -2.37. The summed E-state index contributed by atoms with van der Waals surface area (Å²) >= 11 is 5.86. The minimum absolute atomic E-state index is 0.105. The Morgan fingerprint density at radius 1 is 0.964 bits per heavy atom. The van der Waals surface area contributed by atoms with Crippen molar-refractivity contribution in [2.75, 3.05) is 32.0 Å². The molecule has 0 spiro atoms. The zero-order chi connectivity index (χ0) is 20.7. The number of nitrogens with zero attached hydrogens (tertiary/aromatic N) is 1. The van der Waals surface area contributed by atoms with Crippen molar-refractivity contribution in [2.24, 2.45) is 0 Å². The molecule has 150 valence electrons. The number of hydrogen-bond donors (Lipinski definition) is 2. The van der Waals surface area contributed by atoms with E-state index in [9.17, 15) is 9.59 Å². The molecule has 0 saturated carbocycles. The molecule has 2 aromatic carbocycles. The summed E-state index contributed by atoms with van der Waals surface area (Å²) in [5, 5.41) is 6.53. The van der Waals surface area contributed by atoms with Gasteiger partial charge in [-0.05, 0) is 63.1 Å². The number of benzene rings is 2. The summed E-state index contributed by atoms with van der Waals surface area (Å²) in [4.78, 5) is 26.1. The van der Waals surface area contributed by atoms with E-state index in [2.05, 4.69) is 10.6 Å². The number of likely N-dealkylation sites (N-methyl/N-ethyl adjacent to an activating group) is 1. The highest BCUT2D eigenvalue weighted by Crippen LogP contribution is 2.21. The molecule has 6 heteroatoms. The van der Waals surface area contributed by atoms with Crippen LogP contribution in [0.4, 0.5) is 5.69 Å². The second kappa shape index (κ2) is 10.2. The fourth-order valence-electron chi connectivity index (χ4n) is 3.16. The lowest BCUT2D eigenvalue weighted by atomic mass is 10.1. The number of rotatable bonds is 8. The van der Waals surface area contributed by atoms with E-state index in [0.717, 1.165) is 28.8 Å². The molecule has 2 N–H and O–H groups in total. The van der Waals surface area contributed by atoms with Gasteiger partial charge in [-0.25, -0.2) is 0 Å². The Morgan fingerprint density at radius 2 is 1.54 bits per heavy atom. The number of halogens is 1. The molecule has 2 aromatic rings. The monoisotopic (exact) mass is 401 g/mol. The molecule has 0 aromatic heterocycles. The van der Waals surface area contributed by atoms with Crippen molar-refractivity contribution in [3.05, 3.63) is 63.7 Å². The number of aryl methyl sites for hydroxylation is 3. The number of carbonyl (C=O) groups is 2. The number of anilines is 1. The first-order valence-electron chi connectivity index (χ1n) is 9.32. The Morgan fingerprint density at radius 3 is 2.14 bits per heavy atom. The van der Waals surface area contributed by atoms with E-state index in [1.165, 1.54) is 5.56 Å². The maximum absolute atomic E-state index is 12.3. The van der Waals surface area contributed by atoms with Crippen molar-refractivity contribution in [3.8, 4) is 0 Å². The van der Waals surface area contributed by atoms with E-state index in [1.807, 2.05) is 57.2 Å². The third-order valence-corrected chi connectivity index (χ3v) is 4.67. The minimum atomic E-state index is -0.133. The molecule has 0 aliphatic rings. The fourth-order valence-corrected chi connectivity index (χ4v) is 3.28. The SMILES string of the molecule is Cc1cc(C)c(NC(=O)CN(C)CC(=O)NCCc2ccc(Cl)cc2)c(C)c1. The van der Waals surface area contributed by atoms with Gasteiger partial charge in [-0.2, -0.15) is 0 Å². The van der Waals surface area contributed by atoms with E-state index < -0.39 is 0 Å². The van der Waals surface area contributed by atoms with Crippen molar-refractivity contribution in [3.63, 3.8) is 0 Å². The molecule has 0 aliphatic carbocycles. The number of hydrogen-bond acceptors (Lipinski definition) is 3. The van der Waals surface area contributed by atoms with Gasteiger partial charge in [0.1, 0.15) is 0 Å². The lowest BCUT2D eigenvalue weighted by Gasteiger charge is -2.18. The average molecular weight is 402 g/mol. The molecular weight excluding hydrogens is 374 g/mol. The van der Waals surface area contributed by atoms with Crippen LogP contribution in [0.15, 0.2) is 36.4 Å². The summed E-state index contributed by atoms with van der Waals surface area (Å²) in [6, 6.07) is 11.6. The summed E-state index contributed by atoms with van der Waals surface area (Å²) in [5.74, 6) is -0.238. The maximum Gasteiger partial charge on any atom is 0.238 e. The van der Waals surface area contributed by atoms with E-state index in [0.29, 0.717) is 11.6 Å². The third kappa shape index (κ3) is 6.98. The normalized spacial score (nSPS) is 10.8. The van der Waals surface area contributed by atoms with Crippen LogP contribution in [0, 0.1) is 20.8 Å². The van der Waals surface area contributed by atoms with Gasteiger partial charge in [0.05, 0.1) is 13.1 Å². The van der Waals surface area contributed by atoms with Gasteiger partial charge in [-0.1, -0.05) is 41.4 Å². The van der Waals surface area contributed by atoms with Gasteiger partial charge in [0, 0.05) is 17.3 Å². The molecule has 0 saturated heterocycles. The van der Waals surface area contributed by atoms with Gasteiger partial charge < -0.3 is 10.6 Å². The van der Waals surface area contributed by atoms with Crippen LogP contribution < -0.4 is 10.6 Å². The Labute approximate surface area is 172 Å². The molecule has 0 bridgehead atoms. The molecule has 0 atom stereocenters. The molecule has 0 aliphatic heterocycles. The maximum atomic E-state index is 12.3. The highest BCUT2D eigenvalue weighted by Gasteiger charge is 2.13. The Balaban J connectivity index is 1.75. The van der Waals surface area contributed by atoms with Crippen molar-refractivity contribution in [2.45, 2.75) is 27.2 Å². The van der Waals surface area contributed by atoms with Gasteiger partial charge in [0.2, 0.25) is 11.8 Å². The quantitative estimate of drug-likeness (QED) is 0.711. The molecule has 0 fully saturated rings. The summed E-state index contributed by atoms with van der Waals surface area (Å²) < 4.78 is 0. The molecule has 28 heavy (non-hydrogen) atoms. The first-order valence-corrected chi connectivity index (χ1v) is 9.70. The summed E-state index contributed by atoms with van der Waals surface area (Å²) in [5.41, 5.74) is 5.19. The van der Waals surface area contributed by atoms with Crippen LogP contribution in [-0.4, -0.2) is 43.4 Å². The van der Waals surface area contributed by atoms with Gasteiger partial charge in [0.25, 0.3) is 0 Å². The number of carbonyl (C=O) groups excluding carboxylic acids is 2. The van der Waals surface area contributed by atoms with Gasteiger partial charge >= 0.3 is 0 Å². The van der Waals surface area contributed by atoms with Crippen LogP contribution in [0.1, 0.15) is 22.3 Å². The number of amides is 2. The summed E-state index contributed by atoms with van der Waals surface area (Å²) in [6.45, 7) is 6.85. The standard InChI is InChI=1S/C22H28ClN3O2/c1-15-11-16(2)22(17(3)12-15)25-21(28)14-26(4)13-20(27)24-10-9-18-5-7-19(23)8-6-18/h5-8,11-12H,9-10,13-14H2,1-4H3,(H,24,27)(H,25,28). The molecule has 2 rings (SSSR count). The van der Waals surface area contributed by atoms with E-state index in [-0.39, 0.29) is 24.9 Å². The Kier molecular flexibility index (Phi) is 8.03. The lowest BCUT2D eigenvalue weighted by Crippen LogP contribution is -2.39. The van der Waals surface area contributed by atoms with Crippen LogP contribution in [0.5, 0.6) is 0 Å². The largest absolute Gasteiger partial charge is 0.355 e. The smallest absolute Gasteiger partial charge is 0.238 e. The third-order valence-electron chi connectivity index (χ3n) is 4.42. The highest BCUT2D eigenvalue weighted by atomic mass is 35.5. The fraction of sp³-hybridized carbons (Fsp3) is 0.364. The van der Waals surface area contributed by atoms with Crippen molar-refractivity contribution < 1.29 is 9.59 Å². The molecule has 0 unspecified atom stereocenters. The molecule has 2 amide bonds. The topological polar surface area (TPSA) is 61.4 Å². The van der Waals surface area contributed by atoms with Crippen LogP contribution in [-0.2, 0) is 16.0 Å². The second-order valence-electron chi connectivity index (χ2n) is 7.22. The van der Waals surface area contributed by atoms with Crippen LogP contribution in [0.3, 0.4) is 0 Å². The van der Waals surface area contributed by atoms with E-state index in [1.54, 1.807) is 11.9 Å². The van der Waals surface area contributed by atoms with Crippen LogP contribution >= 0.6 is 11.6 Å². The van der Waals surface area contributed by atoms with E-state index >= 15 is 0 Å². The predicted octanol–water partition coefficient (Wildman–Crippen LogP) is 3.49. The molecule has 0 radical (unpaired) electrons. The van der Waals surface area contributed by atoms with Crippen LogP contribution in [0.2, 0.25) is 5.02 Å². The van der Waals surface area contributed by atoms with Crippen molar-refractivity contribution in [1.82, 2.24) is 10.2 Å². The van der Waals surface area contributed by atoms with Crippen LogP contribution in [0.25, 0.3) is 0 Å². The molecule has 5 nitrogen and oxygen atoms in total. The van der Waals surface area contributed by atoms with Crippen molar-refractivity contribution in [1.29, 1.82) is 0 Å².